The summed E-state index contributed by atoms with van der Waals surface area (Å²) < 4.78 is 0. The number of rotatable bonds is 5. The number of carbonyl (C=O) groups is 1. The zero-order chi connectivity index (χ0) is 14.4. The molecule has 2 rings (SSSR count). The number of nitrogens with zero attached hydrogens (tertiary/aromatic N) is 1. The van der Waals surface area contributed by atoms with Gasteiger partial charge in [0.25, 0.3) is 0 Å². The molecule has 0 radical (unpaired) electrons. The summed E-state index contributed by atoms with van der Waals surface area (Å²) in [6.07, 6.45) is 3.88. The van der Waals surface area contributed by atoms with Crippen LogP contribution in [-0.4, -0.2) is 42.6 Å². The molecule has 1 aliphatic rings. The Morgan fingerprint density at radius 2 is 2.15 bits per heavy atom. The third-order valence-electron chi connectivity index (χ3n) is 4.02. The lowest BCUT2D eigenvalue weighted by Crippen LogP contribution is -2.33. The average Bonchev–Trinajstić information content (AvgIpc) is 2.46. The quantitative estimate of drug-likeness (QED) is 0.862. The first-order valence-corrected chi connectivity index (χ1v) is 7.38. The second-order valence-corrected chi connectivity index (χ2v) is 5.64. The zero-order valence-electron chi connectivity index (χ0n) is 12.1. The topological polar surface area (TPSA) is 52.6 Å². The standard InChI is InChI=1S/C16H24N2O2/c1-18(10-7-13-5-8-17-9-6-13)16(20)12-14-3-2-4-15(19)11-14/h2-4,11,13,17,19H,5-10,12H2,1H3. The van der Waals surface area contributed by atoms with Crippen LogP contribution in [0.2, 0.25) is 0 Å². The van der Waals surface area contributed by atoms with Gasteiger partial charge in [-0.15, -0.1) is 0 Å². The van der Waals surface area contributed by atoms with E-state index in [1.54, 1.807) is 18.2 Å². The number of nitrogens with one attached hydrogen (secondary N) is 1. The molecular weight excluding hydrogens is 252 g/mol. The van der Waals surface area contributed by atoms with Gasteiger partial charge < -0.3 is 15.3 Å². The van der Waals surface area contributed by atoms with Crippen molar-refractivity contribution in [1.29, 1.82) is 0 Å². The van der Waals surface area contributed by atoms with Crippen molar-refractivity contribution in [2.24, 2.45) is 5.92 Å². The molecule has 1 aromatic rings. The summed E-state index contributed by atoms with van der Waals surface area (Å²) in [6.45, 7) is 3.03. The molecule has 2 N–H and O–H groups in total. The van der Waals surface area contributed by atoms with Crippen molar-refractivity contribution in [3.05, 3.63) is 29.8 Å². The van der Waals surface area contributed by atoms with Crippen molar-refractivity contribution in [2.75, 3.05) is 26.7 Å². The molecule has 0 aliphatic carbocycles. The van der Waals surface area contributed by atoms with Gasteiger partial charge in [-0.1, -0.05) is 12.1 Å². The Bertz CT molecular complexity index is 442. The van der Waals surface area contributed by atoms with Gasteiger partial charge in [0.15, 0.2) is 0 Å². The number of piperidine rings is 1. The average molecular weight is 276 g/mol. The smallest absolute Gasteiger partial charge is 0.226 e. The van der Waals surface area contributed by atoms with Gasteiger partial charge in [0.05, 0.1) is 6.42 Å². The van der Waals surface area contributed by atoms with Crippen LogP contribution in [0, 0.1) is 5.92 Å². The number of likely N-dealkylation sites (N-methyl/N-ethyl adjacent to an activating group) is 1. The number of benzene rings is 1. The highest BCUT2D eigenvalue weighted by molar-refractivity contribution is 5.78. The van der Waals surface area contributed by atoms with Crippen LogP contribution in [0.15, 0.2) is 24.3 Å². The number of hydrogen-bond donors (Lipinski definition) is 2. The molecule has 20 heavy (non-hydrogen) atoms. The van der Waals surface area contributed by atoms with Crippen LogP contribution in [0.4, 0.5) is 0 Å². The maximum atomic E-state index is 12.1. The minimum absolute atomic E-state index is 0.115. The molecule has 1 amide bonds. The monoisotopic (exact) mass is 276 g/mol. The summed E-state index contributed by atoms with van der Waals surface area (Å²) >= 11 is 0. The van der Waals surface area contributed by atoms with Gasteiger partial charge in [-0.05, 0) is 56.0 Å². The summed E-state index contributed by atoms with van der Waals surface area (Å²) in [6, 6.07) is 6.92. The summed E-state index contributed by atoms with van der Waals surface area (Å²) in [5.41, 5.74) is 0.865. The molecule has 0 saturated carbocycles. The molecule has 0 spiro atoms. The van der Waals surface area contributed by atoms with Crippen LogP contribution in [-0.2, 0) is 11.2 Å². The van der Waals surface area contributed by atoms with Crippen molar-refractivity contribution in [2.45, 2.75) is 25.7 Å². The second kappa shape index (κ2) is 7.29. The Morgan fingerprint density at radius 1 is 1.40 bits per heavy atom. The third kappa shape index (κ3) is 4.53. The van der Waals surface area contributed by atoms with Crippen molar-refractivity contribution in [1.82, 2.24) is 10.2 Å². The lowest BCUT2D eigenvalue weighted by Gasteiger charge is -2.25. The Hall–Kier alpha value is -1.55. The summed E-state index contributed by atoms with van der Waals surface area (Å²) in [4.78, 5) is 13.9. The number of aromatic hydroxyl groups is 1. The van der Waals surface area contributed by atoms with Crippen LogP contribution in [0.25, 0.3) is 0 Å². The van der Waals surface area contributed by atoms with Gasteiger partial charge in [-0.25, -0.2) is 0 Å². The molecule has 1 heterocycles. The first kappa shape index (κ1) is 14.9. The van der Waals surface area contributed by atoms with Crippen LogP contribution < -0.4 is 5.32 Å². The van der Waals surface area contributed by atoms with E-state index >= 15 is 0 Å². The SMILES string of the molecule is CN(CCC1CCNCC1)C(=O)Cc1cccc(O)c1. The highest BCUT2D eigenvalue weighted by Gasteiger charge is 2.15. The number of phenolic OH excluding ortho intramolecular Hbond substituents is 1. The van der Waals surface area contributed by atoms with Gasteiger partial charge in [-0.2, -0.15) is 0 Å². The third-order valence-corrected chi connectivity index (χ3v) is 4.02. The number of phenols is 1. The van der Waals surface area contributed by atoms with Crippen LogP contribution in [0.3, 0.4) is 0 Å². The highest BCUT2D eigenvalue weighted by Crippen LogP contribution is 2.16. The summed E-state index contributed by atoms with van der Waals surface area (Å²) in [5.74, 6) is 1.07. The number of hydrogen-bond acceptors (Lipinski definition) is 3. The fraction of sp³-hybridized carbons (Fsp3) is 0.562. The van der Waals surface area contributed by atoms with Gasteiger partial charge in [0, 0.05) is 13.6 Å². The fourth-order valence-electron chi connectivity index (χ4n) is 2.65. The summed E-state index contributed by atoms with van der Waals surface area (Å²) in [7, 11) is 1.87. The van der Waals surface area contributed by atoms with E-state index in [4.69, 9.17) is 0 Å². The Balaban J connectivity index is 1.76. The van der Waals surface area contributed by atoms with Crippen LogP contribution in [0.1, 0.15) is 24.8 Å². The molecule has 4 nitrogen and oxygen atoms in total. The molecule has 1 aromatic carbocycles. The van der Waals surface area contributed by atoms with Gasteiger partial charge >= 0.3 is 0 Å². The Kier molecular flexibility index (Phi) is 5.41. The van der Waals surface area contributed by atoms with Crippen LogP contribution in [0.5, 0.6) is 5.75 Å². The molecule has 0 atom stereocenters. The maximum absolute atomic E-state index is 12.1. The molecule has 0 bridgehead atoms. The number of carbonyl (C=O) groups excluding carboxylic acids is 1. The lowest BCUT2D eigenvalue weighted by molar-refractivity contribution is -0.129. The largest absolute Gasteiger partial charge is 0.508 e. The molecule has 4 heteroatoms. The first-order valence-electron chi connectivity index (χ1n) is 7.38. The first-order chi connectivity index (χ1) is 9.65. The van der Waals surface area contributed by atoms with Gasteiger partial charge in [0.1, 0.15) is 5.75 Å². The van der Waals surface area contributed by atoms with E-state index in [1.165, 1.54) is 12.8 Å². The van der Waals surface area contributed by atoms with Crippen molar-refractivity contribution < 1.29 is 9.90 Å². The molecule has 1 fully saturated rings. The van der Waals surface area contributed by atoms with Gasteiger partial charge in [0.2, 0.25) is 5.91 Å². The molecule has 110 valence electrons. The Labute approximate surface area is 120 Å². The highest BCUT2D eigenvalue weighted by atomic mass is 16.3. The van der Waals surface area contributed by atoms with Crippen molar-refractivity contribution >= 4 is 5.91 Å². The van der Waals surface area contributed by atoms with E-state index in [0.717, 1.165) is 37.5 Å². The summed E-state index contributed by atoms with van der Waals surface area (Å²) in [5, 5.41) is 12.8. The number of amides is 1. The fourth-order valence-corrected chi connectivity index (χ4v) is 2.65. The van der Waals surface area contributed by atoms with E-state index in [1.807, 2.05) is 18.0 Å². The van der Waals surface area contributed by atoms with Crippen molar-refractivity contribution in [3.8, 4) is 5.75 Å². The van der Waals surface area contributed by atoms with E-state index in [2.05, 4.69) is 5.32 Å². The van der Waals surface area contributed by atoms with Crippen molar-refractivity contribution in [3.63, 3.8) is 0 Å². The van der Waals surface area contributed by atoms with E-state index in [9.17, 15) is 9.90 Å². The van der Waals surface area contributed by atoms with E-state index in [0.29, 0.717) is 6.42 Å². The van der Waals surface area contributed by atoms with Crippen LogP contribution >= 0.6 is 0 Å². The zero-order valence-corrected chi connectivity index (χ0v) is 12.1. The molecular formula is C16H24N2O2. The molecule has 0 unspecified atom stereocenters. The lowest BCUT2D eigenvalue weighted by atomic mass is 9.94. The molecule has 0 aromatic heterocycles. The predicted molar refractivity (Wildman–Crippen MR) is 79.7 cm³/mol. The Morgan fingerprint density at radius 3 is 2.85 bits per heavy atom. The molecule has 1 aliphatic heterocycles. The minimum Gasteiger partial charge on any atom is -0.508 e. The van der Waals surface area contributed by atoms with E-state index in [-0.39, 0.29) is 11.7 Å². The predicted octanol–water partition coefficient (Wildman–Crippen LogP) is 1.78. The molecule has 1 saturated heterocycles. The maximum Gasteiger partial charge on any atom is 0.226 e. The normalized spacial score (nSPS) is 16.1. The van der Waals surface area contributed by atoms with Gasteiger partial charge in [-0.3, -0.25) is 4.79 Å². The minimum atomic E-state index is 0.115. The van der Waals surface area contributed by atoms with E-state index < -0.39 is 0 Å². The second-order valence-electron chi connectivity index (χ2n) is 5.64.